The summed E-state index contributed by atoms with van der Waals surface area (Å²) in [6, 6.07) is 7.12. The summed E-state index contributed by atoms with van der Waals surface area (Å²) in [5.41, 5.74) is 0.981. The minimum atomic E-state index is 0.246. The standard InChI is InChI=1S/C15H19NO2/c1-16(9-10-3-2-4-14(17)5-10)15(18)13-7-11-6-12(11)8-13/h2-5,11-13,17H,6-9H2,1H3. The summed E-state index contributed by atoms with van der Waals surface area (Å²) < 4.78 is 0. The maximum Gasteiger partial charge on any atom is 0.225 e. The zero-order valence-corrected chi connectivity index (χ0v) is 10.7. The monoisotopic (exact) mass is 245 g/mol. The summed E-state index contributed by atoms with van der Waals surface area (Å²) in [5, 5.41) is 9.41. The number of rotatable bonds is 3. The van der Waals surface area contributed by atoms with Gasteiger partial charge in [-0.3, -0.25) is 4.79 Å². The highest BCUT2D eigenvalue weighted by molar-refractivity contribution is 5.79. The minimum Gasteiger partial charge on any atom is -0.508 e. The Balaban J connectivity index is 1.60. The van der Waals surface area contributed by atoms with Crippen molar-refractivity contribution in [2.45, 2.75) is 25.8 Å². The highest BCUT2D eigenvalue weighted by Crippen LogP contribution is 2.54. The summed E-state index contributed by atoms with van der Waals surface area (Å²) in [6.45, 7) is 0.582. The van der Waals surface area contributed by atoms with E-state index in [1.54, 1.807) is 17.0 Å². The predicted octanol–water partition coefficient (Wildman–Crippen LogP) is 2.40. The molecule has 0 aromatic heterocycles. The molecule has 1 N–H and O–H groups in total. The van der Waals surface area contributed by atoms with E-state index in [-0.39, 0.29) is 17.6 Å². The first-order valence-electron chi connectivity index (χ1n) is 6.66. The van der Waals surface area contributed by atoms with Gasteiger partial charge >= 0.3 is 0 Å². The summed E-state index contributed by atoms with van der Waals surface area (Å²) in [6.07, 6.45) is 3.53. The SMILES string of the molecule is CN(Cc1cccc(O)c1)C(=O)C1CC2CC2C1. The van der Waals surface area contributed by atoms with Gasteiger partial charge in [0.25, 0.3) is 0 Å². The van der Waals surface area contributed by atoms with Crippen molar-refractivity contribution in [1.82, 2.24) is 4.90 Å². The van der Waals surface area contributed by atoms with Gasteiger partial charge < -0.3 is 10.0 Å². The highest BCUT2D eigenvalue weighted by Gasteiger charge is 2.48. The van der Waals surface area contributed by atoms with E-state index in [2.05, 4.69) is 0 Å². The Hall–Kier alpha value is -1.51. The zero-order chi connectivity index (χ0) is 12.7. The lowest BCUT2D eigenvalue weighted by Crippen LogP contribution is -2.31. The van der Waals surface area contributed by atoms with Crippen molar-refractivity contribution in [3.63, 3.8) is 0 Å². The molecule has 0 saturated heterocycles. The van der Waals surface area contributed by atoms with Gasteiger partial charge in [0.1, 0.15) is 5.75 Å². The van der Waals surface area contributed by atoms with E-state index in [0.717, 1.165) is 30.2 Å². The van der Waals surface area contributed by atoms with Gasteiger partial charge in [0, 0.05) is 19.5 Å². The van der Waals surface area contributed by atoms with Crippen LogP contribution in [0.25, 0.3) is 0 Å². The van der Waals surface area contributed by atoms with E-state index in [4.69, 9.17) is 0 Å². The second-order valence-corrected chi connectivity index (χ2v) is 5.79. The third-order valence-corrected chi connectivity index (χ3v) is 4.30. The van der Waals surface area contributed by atoms with Crippen LogP contribution in [0.3, 0.4) is 0 Å². The van der Waals surface area contributed by atoms with Crippen LogP contribution < -0.4 is 0 Å². The Bertz CT molecular complexity index is 461. The van der Waals surface area contributed by atoms with Crippen molar-refractivity contribution < 1.29 is 9.90 Å². The molecule has 3 heteroatoms. The van der Waals surface area contributed by atoms with Crippen LogP contribution in [0.5, 0.6) is 5.75 Å². The van der Waals surface area contributed by atoms with Gasteiger partial charge in [0.15, 0.2) is 0 Å². The minimum absolute atomic E-state index is 0.246. The fourth-order valence-corrected chi connectivity index (χ4v) is 3.23. The number of hydrogen-bond acceptors (Lipinski definition) is 2. The lowest BCUT2D eigenvalue weighted by Gasteiger charge is -2.22. The highest BCUT2D eigenvalue weighted by atomic mass is 16.3. The average Bonchev–Trinajstić information content (AvgIpc) is 2.95. The van der Waals surface area contributed by atoms with Crippen LogP contribution in [0.15, 0.2) is 24.3 Å². The Labute approximate surface area is 107 Å². The van der Waals surface area contributed by atoms with Gasteiger partial charge in [-0.1, -0.05) is 12.1 Å². The van der Waals surface area contributed by atoms with E-state index in [1.165, 1.54) is 6.42 Å². The Morgan fingerprint density at radius 1 is 1.33 bits per heavy atom. The van der Waals surface area contributed by atoms with Crippen molar-refractivity contribution in [1.29, 1.82) is 0 Å². The van der Waals surface area contributed by atoms with Crippen LogP contribution >= 0.6 is 0 Å². The molecule has 2 saturated carbocycles. The fourth-order valence-electron chi connectivity index (χ4n) is 3.23. The normalized spacial score (nSPS) is 28.8. The van der Waals surface area contributed by atoms with E-state index < -0.39 is 0 Å². The van der Waals surface area contributed by atoms with E-state index >= 15 is 0 Å². The van der Waals surface area contributed by atoms with E-state index in [0.29, 0.717) is 6.54 Å². The molecular formula is C15H19NO2. The number of carbonyl (C=O) groups is 1. The molecule has 3 rings (SSSR count). The molecule has 1 aromatic rings. The van der Waals surface area contributed by atoms with Crippen LogP contribution in [0, 0.1) is 17.8 Å². The molecule has 0 radical (unpaired) electrons. The topological polar surface area (TPSA) is 40.5 Å². The van der Waals surface area contributed by atoms with Crippen LogP contribution in [0.1, 0.15) is 24.8 Å². The van der Waals surface area contributed by atoms with E-state index in [9.17, 15) is 9.90 Å². The Morgan fingerprint density at radius 2 is 2.06 bits per heavy atom. The van der Waals surface area contributed by atoms with Crippen LogP contribution in [0.2, 0.25) is 0 Å². The lowest BCUT2D eigenvalue weighted by molar-refractivity contribution is -0.134. The molecule has 2 atom stereocenters. The molecule has 2 aliphatic rings. The molecule has 2 aliphatic carbocycles. The fraction of sp³-hybridized carbons (Fsp3) is 0.533. The number of nitrogens with zero attached hydrogens (tertiary/aromatic N) is 1. The molecule has 0 spiro atoms. The van der Waals surface area contributed by atoms with Crippen molar-refractivity contribution in [2.24, 2.45) is 17.8 Å². The summed E-state index contributed by atoms with van der Waals surface area (Å²) in [7, 11) is 1.86. The number of phenols is 1. The van der Waals surface area contributed by atoms with Crippen molar-refractivity contribution in [3.8, 4) is 5.75 Å². The molecule has 0 heterocycles. The number of fused-ring (bicyclic) bond motifs is 1. The first-order chi connectivity index (χ1) is 8.63. The van der Waals surface area contributed by atoms with Gasteiger partial charge in [-0.15, -0.1) is 0 Å². The molecule has 1 amide bonds. The van der Waals surface area contributed by atoms with Gasteiger partial charge in [-0.25, -0.2) is 0 Å². The maximum atomic E-state index is 12.3. The van der Waals surface area contributed by atoms with Gasteiger partial charge in [-0.05, 0) is 48.8 Å². The number of phenolic OH excluding ortho intramolecular Hbond substituents is 1. The predicted molar refractivity (Wildman–Crippen MR) is 68.9 cm³/mol. The second kappa shape index (κ2) is 4.30. The smallest absolute Gasteiger partial charge is 0.225 e. The Morgan fingerprint density at radius 3 is 2.72 bits per heavy atom. The molecular weight excluding hydrogens is 226 g/mol. The number of aromatic hydroxyl groups is 1. The molecule has 2 fully saturated rings. The van der Waals surface area contributed by atoms with Crippen molar-refractivity contribution >= 4 is 5.91 Å². The summed E-state index contributed by atoms with van der Waals surface area (Å²) in [5.74, 6) is 2.46. The van der Waals surface area contributed by atoms with Crippen molar-refractivity contribution in [2.75, 3.05) is 7.05 Å². The van der Waals surface area contributed by atoms with Crippen LogP contribution in [0.4, 0.5) is 0 Å². The molecule has 1 aromatic carbocycles. The quantitative estimate of drug-likeness (QED) is 0.888. The van der Waals surface area contributed by atoms with Gasteiger partial charge in [0.05, 0.1) is 0 Å². The van der Waals surface area contributed by atoms with E-state index in [1.807, 2.05) is 19.2 Å². The van der Waals surface area contributed by atoms with Gasteiger partial charge in [-0.2, -0.15) is 0 Å². The molecule has 0 bridgehead atoms. The molecule has 2 unspecified atom stereocenters. The first kappa shape index (κ1) is 11.6. The third-order valence-electron chi connectivity index (χ3n) is 4.30. The molecule has 18 heavy (non-hydrogen) atoms. The van der Waals surface area contributed by atoms with Crippen LogP contribution in [-0.2, 0) is 11.3 Å². The summed E-state index contributed by atoms with van der Waals surface area (Å²) in [4.78, 5) is 14.1. The maximum absolute atomic E-state index is 12.3. The van der Waals surface area contributed by atoms with Crippen molar-refractivity contribution in [3.05, 3.63) is 29.8 Å². The van der Waals surface area contributed by atoms with Gasteiger partial charge in [0.2, 0.25) is 5.91 Å². The second-order valence-electron chi connectivity index (χ2n) is 5.79. The number of hydrogen-bond donors (Lipinski definition) is 1. The molecule has 96 valence electrons. The molecule has 3 nitrogen and oxygen atoms in total. The summed E-state index contributed by atoms with van der Waals surface area (Å²) >= 11 is 0. The zero-order valence-electron chi connectivity index (χ0n) is 10.7. The average molecular weight is 245 g/mol. The van der Waals surface area contributed by atoms with Crippen LogP contribution in [-0.4, -0.2) is 23.0 Å². The molecule has 0 aliphatic heterocycles. The Kier molecular flexibility index (Phi) is 2.77. The number of carbonyl (C=O) groups excluding carboxylic acids is 1. The lowest BCUT2D eigenvalue weighted by atomic mass is 10.0. The largest absolute Gasteiger partial charge is 0.508 e. The number of amides is 1. The third kappa shape index (κ3) is 2.22. The first-order valence-corrected chi connectivity index (χ1v) is 6.66. The number of benzene rings is 1.